The van der Waals surface area contributed by atoms with Gasteiger partial charge in [-0.25, -0.2) is 0 Å². The van der Waals surface area contributed by atoms with Crippen molar-refractivity contribution in [2.24, 2.45) is 0 Å². The largest absolute Gasteiger partial charge is 0.508 e. The molecule has 6 rings (SSSR count). The van der Waals surface area contributed by atoms with E-state index in [9.17, 15) is 30.6 Å². The minimum absolute atomic E-state index is 0.0675. The Kier molecular flexibility index (Phi) is 8.53. The number of hydrogen-bond donors (Lipinski definition) is 6. The highest BCUT2D eigenvalue weighted by molar-refractivity contribution is 5.72. The number of hydrogen-bond acceptors (Lipinski definition) is 6. The first-order valence-electron chi connectivity index (χ1n) is 15.0. The molecular formula is C40H34O6. The third-order valence-corrected chi connectivity index (χ3v) is 8.36. The van der Waals surface area contributed by atoms with Crippen LogP contribution in [0.2, 0.25) is 0 Å². The summed E-state index contributed by atoms with van der Waals surface area (Å²) in [4.78, 5) is 0. The molecule has 6 aromatic rings. The van der Waals surface area contributed by atoms with Crippen LogP contribution < -0.4 is 0 Å². The van der Waals surface area contributed by atoms with Crippen LogP contribution in [-0.4, -0.2) is 30.6 Å². The lowest BCUT2D eigenvalue weighted by molar-refractivity contribution is 0.455. The van der Waals surface area contributed by atoms with Gasteiger partial charge in [0.2, 0.25) is 0 Å². The smallest absolute Gasteiger partial charge is 0.122 e. The van der Waals surface area contributed by atoms with Gasteiger partial charge in [-0.3, -0.25) is 0 Å². The van der Waals surface area contributed by atoms with E-state index in [0.717, 1.165) is 11.1 Å². The van der Waals surface area contributed by atoms with E-state index in [0.29, 0.717) is 44.5 Å². The average molecular weight is 611 g/mol. The van der Waals surface area contributed by atoms with Crippen molar-refractivity contribution < 1.29 is 30.6 Å². The first kappa shape index (κ1) is 30.2. The fourth-order valence-corrected chi connectivity index (χ4v) is 5.85. The second-order valence-corrected chi connectivity index (χ2v) is 11.5. The van der Waals surface area contributed by atoms with E-state index in [1.807, 2.05) is 48.5 Å². The molecule has 0 fully saturated rings. The van der Waals surface area contributed by atoms with Crippen LogP contribution >= 0.6 is 0 Å². The Hall–Kier alpha value is -5.88. The van der Waals surface area contributed by atoms with E-state index >= 15 is 0 Å². The lowest BCUT2D eigenvalue weighted by Crippen LogP contribution is -2.00. The predicted molar refractivity (Wildman–Crippen MR) is 179 cm³/mol. The van der Waals surface area contributed by atoms with Gasteiger partial charge in [0.15, 0.2) is 0 Å². The fraction of sp³-hybridized carbons (Fsp3) is 0.100. The van der Waals surface area contributed by atoms with Crippen LogP contribution in [0.3, 0.4) is 0 Å². The summed E-state index contributed by atoms with van der Waals surface area (Å²) >= 11 is 0. The van der Waals surface area contributed by atoms with Crippen LogP contribution in [0, 0.1) is 0 Å². The summed E-state index contributed by atoms with van der Waals surface area (Å²) in [6.07, 6.45) is 1.03. The molecule has 6 N–H and O–H groups in total. The van der Waals surface area contributed by atoms with Gasteiger partial charge in [0.05, 0.1) is 0 Å². The van der Waals surface area contributed by atoms with Crippen LogP contribution in [-0.2, 0) is 25.7 Å². The highest BCUT2D eigenvalue weighted by Gasteiger charge is 2.19. The summed E-state index contributed by atoms with van der Waals surface area (Å²) in [5.74, 6) is 0.613. The zero-order valence-electron chi connectivity index (χ0n) is 25.1. The van der Waals surface area contributed by atoms with Crippen LogP contribution in [0.15, 0.2) is 121 Å². The van der Waals surface area contributed by atoms with Gasteiger partial charge in [0, 0.05) is 25.7 Å². The topological polar surface area (TPSA) is 121 Å². The van der Waals surface area contributed by atoms with Gasteiger partial charge in [0.25, 0.3) is 0 Å². The fourth-order valence-electron chi connectivity index (χ4n) is 5.85. The van der Waals surface area contributed by atoms with Crippen LogP contribution in [0.25, 0.3) is 11.1 Å². The summed E-state index contributed by atoms with van der Waals surface area (Å²) in [5.41, 5.74) is 6.44. The molecule has 0 saturated carbocycles. The molecular weight excluding hydrogens is 576 g/mol. The Morgan fingerprint density at radius 2 is 0.500 bits per heavy atom. The maximum absolute atomic E-state index is 11.5. The van der Waals surface area contributed by atoms with Gasteiger partial charge in [-0.1, -0.05) is 72.8 Å². The molecule has 0 spiro atoms. The van der Waals surface area contributed by atoms with Crippen molar-refractivity contribution in [2.45, 2.75) is 25.7 Å². The minimum Gasteiger partial charge on any atom is -0.508 e. The van der Waals surface area contributed by atoms with E-state index in [4.69, 9.17) is 0 Å². The lowest BCUT2D eigenvalue weighted by atomic mass is 9.89. The second-order valence-electron chi connectivity index (χ2n) is 11.5. The molecule has 0 aliphatic carbocycles. The molecule has 0 aromatic heterocycles. The van der Waals surface area contributed by atoms with E-state index in [1.54, 1.807) is 72.8 Å². The standard InChI is InChI=1S/C40H34O6/c41-35-13-5-1-9-25(35)17-31-21-29(22-32(39(31)45)18-26-10-2-6-14-36(26)42)30-23-33(19-27-11-3-7-15-37(27)43)40(46)34(24-30)20-28-12-4-8-16-38(28)44/h1-16,21-24,41-46H,17-20H2. The maximum atomic E-state index is 11.5. The van der Waals surface area contributed by atoms with Crippen LogP contribution in [0.5, 0.6) is 34.5 Å². The Bertz CT molecular complexity index is 1750. The van der Waals surface area contributed by atoms with E-state index in [2.05, 4.69) is 0 Å². The monoisotopic (exact) mass is 610 g/mol. The van der Waals surface area contributed by atoms with Gasteiger partial charge in [-0.05, 0) is 104 Å². The first-order valence-corrected chi connectivity index (χ1v) is 15.0. The van der Waals surface area contributed by atoms with Gasteiger partial charge in [0.1, 0.15) is 34.5 Å². The number of aromatic hydroxyl groups is 6. The summed E-state index contributed by atoms with van der Waals surface area (Å²) < 4.78 is 0. The Morgan fingerprint density at radius 3 is 0.717 bits per heavy atom. The van der Waals surface area contributed by atoms with Crippen LogP contribution in [0.4, 0.5) is 0 Å². The van der Waals surface area contributed by atoms with Crippen molar-refractivity contribution in [2.75, 3.05) is 0 Å². The summed E-state index contributed by atoms with van der Waals surface area (Å²) in [6.45, 7) is 0. The molecule has 0 radical (unpaired) electrons. The number of rotatable bonds is 9. The predicted octanol–water partition coefficient (Wildman–Crippen LogP) is 7.95. The summed E-state index contributed by atoms with van der Waals surface area (Å²) in [7, 11) is 0. The zero-order valence-corrected chi connectivity index (χ0v) is 25.1. The average Bonchev–Trinajstić information content (AvgIpc) is 3.05. The zero-order chi connectivity index (χ0) is 32.2. The van der Waals surface area contributed by atoms with Gasteiger partial charge in [-0.2, -0.15) is 0 Å². The Labute approximate surface area is 267 Å². The summed E-state index contributed by atoms with van der Waals surface area (Å²) in [5, 5.41) is 65.2. The van der Waals surface area contributed by atoms with Crippen molar-refractivity contribution in [3.8, 4) is 45.6 Å². The molecule has 0 saturated heterocycles. The SMILES string of the molecule is Oc1ccccc1Cc1cc(-c2cc(Cc3ccccc3O)c(O)c(Cc3ccccc3O)c2)cc(Cc2ccccc2O)c1O. The van der Waals surface area contributed by atoms with E-state index in [1.165, 1.54) is 0 Å². The van der Waals surface area contributed by atoms with Crippen LogP contribution in [0.1, 0.15) is 44.5 Å². The number of benzene rings is 6. The molecule has 230 valence electrons. The third-order valence-electron chi connectivity index (χ3n) is 8.36. The molecule has 46 heavy (non-hydrogen) atoms. The molecule has 0 atom stereocenters. The van der Waals surface area contributed by atoms with Crippen molar-refractivity contribution in [1.82, 2.24) is 0 Å². The molecule has 0 aliphatic rings. The van der Waals surface area contributed by atoms with Gasteiger partial charge < -0.3 is 30.6 Å². The third kappa shape index (κ3) is 6.47. The van der Waals surface area contributed by atoms with Gasteiger partial charge >= 0.3 is 0 Å². The van der Waals surface area contributed by atoms with Crippen molar-refractivity contribution in [1.29, 1.82) is 0 Å². The molecule has 0 heterocycles. The summed E-state index contributed by atoms with van der Waals surface area (Å²) in [6, 6.07) is 35.4. The van der Waals surface area contributed by atoms with Crippen molar-refractivity contribution >= 4 is 0 Å². The normalized spacial score (nSPS) is 11.0. The molecule has 0 unspecified atom stereocenters. The highest BCUT2D eigenvalue weighted by atomic mass is 16.3. The molecule has 0 amide bonds. The van der Waals surface area contributed by atoms with E-state index < -0.39 is 0 Å². The lowest BCUT2D eigenvalue weighted by Gasteiger charge is -2.18. The molecule has 6 aromatic carbocycles. The van der Waals surface area contributed by atoms with E-state index in [-0.39, 0.29) is 60.2 Å². The molecule has 0 aliphatic heterocycles. The highest BCUT2D eigenvalue weighted by Crippen LogP contribution is 2.39. The maximum Gasteiger partial charge on any atom is 0.122 e. The quantitative estimate of drug-likeness (QED) is 0.0988. The van der Waals surface area contributed by atoms with Gasteiger partial charge in [-0.15, -0.1) is 0 Å². The minimum atomic E-state index is 0.0675. The first-order chi connectivity index (χ1) is 22.3. The molecule has 6 nitrogen and oxygen atoms in total. The molecule has 0 bridgehead atoms. The Morgan fingerprint density at radius 1 is 0.283 bits per heavy atom. The van der Waals surface area contributed by atoms with Crippen molar-refractivity contribution in [3.05, 3.63) is 166 Å². The number of phenolic OH excluding ortho intramolecular Hbond substituents is 6. The second kappa shape index (κ2) is 13.0. The van der Waals surface area contributed by atoms with Crippen molar-refractivity contribution in [3.63, 3.8) is 0 Å². The molecule has 6 heteroatoms. The number of phenols is 6. The number of para-hydroxylation sites is 4. The Balaban J connectivity index is 1.52.